The van der Waals surface area contributed by atoms with Crippen LogP contribution in [0.25, 0.3) is 0 Å². The number of H-pyrrole nitrogens is 1. The Morgan fingerprint density at radius 3 is 2.80 bits per heavy atom. The van der Waals surface area contributed by atoms with Crippen LogP contribution in [-0.2, 0) is 17.4 Å². The number of carbonyl (C=O) groups is 1. The highest BCUT2D eigenvalue weighted by atomic mass is 19.4. The van der Waals surface area contributed by atoms with Gasteiger partial charge >= 0.3 is 6.18 Å². The topological polar surface area (TPSA) is 74.8 Å². The molecule has 2 N–H and O–H groups in total. The van der Waals surface area contributed by atoms with Gasteiger partial charge in [0.1, 0.15) is 5.56 Å². The number of nitrogens with one attached hydrogen (secondary N) is 2. The fourth-order valence-electron chi connectivity index (χ4n) is 2.40. The summed E-state index contributed by atoms with van der Waals surface area (Å²) in [4.78, 5) is 22.9. The zero-order valence-electron chi connectivity index (χ0n) is 10.8. The Morgan fingerprint density at radius 2 is 2.20 bits per heavy atom. The quantitative estimate of drug-likeness (QED) is 0.889. The molecule has 20 heavy (non-hydrogen) atoms. The van der Waals surface area contributed by atoms with Crippen LogP contribution in [-0.4, -0.2) is 16.1 Å². The van der Waals surface area contributed by atoms with Crippen molar-refractivity contribution in [1.29, 1.82) is 0 Å². The highest BCUT2D eigenvalue weighted by Gasteiger charge is 2.41. The zero-order valence-corrected chi connectivity index (χ0v) is 10.8. The van der Waals surface area contributed by atoms with Crippen LogP contribution in [0.1, 0.15) is 49.0 Å². The SMILES string of the molecule is CCCC(=O)NC1CCc2c1n[nH]c(=O)c2C(F)(F)F. The molecule has 1 aromatic rings. The van der Waals surface area contributed by atoms with Gasteiger partial charge in [0.2, 0.25) is 5.91 Å². The van der Waals surface area contributed by atoms with Crippen LogP contribution in [0.4, 0.5) is 13.2 Å². The Hall–Kier alpha value is -1.86. The van der Waals surface area contributed by atoms with Crippen molar-refractivity contribution in [3.8, 4) is 0 Å². The average molecular weight is 289 g/mol. The first kappa shape index (κ1) is 14.5. The second-order valence-corrected chi connectivity index (χ2v) is 4.70. The predicted octanol–water partition coefficient (Wildman–Crippen LogP) is 1.69. The minimum absolute atomic E-state index is 0.0815. The Labute approximate surface area is 112 Å². The van der Waals surface area contributed by atoms with Crippen LogP contribution in [0.15, 0.2) is 4.79 Å². The van der Waals surface area contributed by atoms with E-state index in [-0.39, 0.29) is 23.6 Å². The van der Waals surface area contributed by atoms with Gasteiger partial charge in [0.15, 0.2) is 0 Å². The number of aromatic amines is 1. The third-order valence-electron chi connectivity index (χ3n) is 3.22. The monoisotopic (exact) mass is 289 g/mol. The number of hydrogen-bond donors (Lipinski definition) is 2. The number of nitrogens with zero attached hydrogens (tertiary/aromatic N) is 1. The number of carbonyl (C=O) groups excluding carboxylic acids is 1. The maximum Gasteiger partial charge on any atom is 0.422 e. The van der Waals surface area contributed by atoms with Gasteiger partial charge in [-0.1, -0.05) is 6.92 Å². The Kier molecular flexibility index (Phi) is 3.82. The molecule has 0 aromatic carbocycles. The smallest absolute Gasteiger partial charge is 0.348 e. The molecule has 0 aliphatic heterocycles. The maximum absolute atomic E-state index is 12.9. The number of alkyl halides is 3. The van der Waals surface area contributed by atoms with Crippen molar-refractivity contribution in [3.05, 3.63) is 27.2 Å². The molecular weight excluding hydrogens is 275 g/mol. The van der Waals surface area contributed by atoms with Crippen LogP contribution in [0, 0.1) is 0 Å². The third-order valence-corrected chi connectivity index (χ3v) is 3.22. The number of rotatable bonds is 3. The van der Waals surface area contributed by atoms with Crippen LogP contribution in [0.5, 0.6) is 0 Å². The van der Waals surface area contributed by atoms with Crippen molar-refractivity contribution >= 4 is 5.91 Å². The molecule has 0 saturated heterocycles. The van der Waals surface area contributed by atoms with Gasteiger partial charge in [0.25, 0.3) is 5.56 Å². The molecule has 110 valence electrons. The second kappa shape index (κ2) is 5.26. The predicted molar refractivity (Wildman–Crippen MR) is 64.0 cm³/mol. The van der Waals surface area contributed by atoms with Crippen molar-refractivity contribution in [1.82, 2.24) is 15.5 Å². The molecule has 0 radical (unpaired) electrons. The first-order valence-corrected chi connectivity index (χ1v) is 6.32. The number of halogens is 3. The zero-order chi connectivity index (χ0) is 14.9. The summed E-state index contributed by atoms with van der Waals surface area (Å²) in [7, 11) is 0. The summed E-state index contributed by atoms with van der Waals surface area (Å²) in [6, 6.07) is -0.568. The first-order valence-electron chi connectivity index (χ1n) is 6.32. The summed E-state index contributed by atoms with van der Waals surface area (Å²) in [5.41, 5.74) is -2.43. The Balaban J connectivity index is 2.35. The lowest BCUT2D eigenvalue weighted by atomic mass is 10.1. The normalized spacial score (nSPS) is 17.9. The summed E-state index contributed by atoms with van der Waals surface area (Å²) in [5, 5.41) is 8.18. The number of fused-ring (bicyclic) bond motifs is 1. The Morgan fingerprint density at radius 1 is 1.50 bits per heavy atom. The lowest BCUT2D eigenvalue weighted by Gasteiger charge is -2.14. The van der Waals surface area contributed by atoms with Gasteiger partial charge in [-0.2, -0.15) is 18.3 Å². The summed E-state index contributed by atoms with van der Waals surface area (Å²) in [6.45, 7) is 1.83. The molecule has 1 atom stereocenters. The molecule has 1 aromatic heterocycles. The molecular formula is C12H14F3N3O2. The van der Waals surface area contributed by atoms with E-state index < -0.39 is 23.3 Å². The van der Waals surface area contributed by atoms with E-state index in [1.165, 1.54) is 0 Å². The van der Waals surface area contributed by atoms with E-state index >= 15 is 0 Å². The molecule has 8 heteroatoms. The third kappa shape index (κ3) is 2.68. The van der Waals surface area contributed by atoms with E-state index in [1.54, 1.807) is 0 Å². The first-order chi connectivity index (χ1) is 9.34. The van der Waals surface area contributed by atoms with Crippen molar-refractivity contribution < 1.29 is 18.0 Å². The summed E-state index contributed by atoms with van der Waals surface area (Å²) >= 11 is 0. The van der Waals surface area contributed by atoms with Gasteiger partial charge < -0.3 is 5.32 Å². The van der Waals surface area contributed by atoms with Crippen LogP contribution in [0.3, 0.4) is 0 Å². The van der Waals surface area contributed by atoms with Crippen LogP contribution in [0.2, 0.25) is 0 Å². The van der Waals surface area contributed by atoms with E-state index in [0.717, 1.165) is 0 Å². The minimum atomic E-state index is -4.72. The molecule has 0 bridgehead atoms. The lowest BCUT2D eigenvalue weighted by Crippen LogP contribution is -2.30. The molecule has 1 amide bonds. The molecule has 5 nitrogen and oxygen atoms in total. The second-order valence-electron chi connectivity index (χ2n) is 4.70. The largest absolute Gasteiger partial charge is 0.422 e. The fraction of sp³-hybridized carbons (Fsp3) is 0.583. The van der Waals surface area contributed by atoms with Crippen molar-refractivity contribution in [2.45, 2.75) is 44.8 Å². The van der Waals surface area contributed by atoms with Gasteiger partial charge in [-0.3, -0.25) is 9.59 Å². The highest BCUT2D eigenvalue weighted by molar-refractivity contribution is 5.76. The summed E-state index contributed by atoms with van der Waals surface area (Å²) in [5.74, 6) is -0.230. The van der Waals surface area contributed by atoms with Crippen molar-refractivity contribution in [3.63, 3.8) is 0 Å². The van der Waals surface area contributed by atoms with E-state index in [0.29, 0.717) is 19.3 Å². The maximum atomic E-state index is 12.9. The molecule has 1 unspecified atom stereocenters. The van der Waals surface area contributed by atoms with Crippen molar-refractivity contribution in [2.75, 3.05) is 0 Å². The molecule has 1 aliphatic rings. The lowest BCUT2D eigenvalue weighted by molar-refractivity contribution is -0.139. The van der Waals surface area contributed by atoms with Crippen LogP contribution < -0.4 is 10.9 Å². The van der Waals surface area contributed by atoms with Crippen LogP contribution >= 0.6 is 0 Å². The van der Waals surface area contributed by atoms with Gasteiger partial charge in [0.05, 0.1) is 11.7 Å². The van der Waals surface area contributed by atoms with Gasteiger partial charge in [-0.05, 0) is 24.8 Å². The minimum Gasteiger partial charge on any atom is -0.348 e. The van der Waals surface area contributed by atoms with Gasteiger partial charge in [0, 0.05) is 6.42 Å². The molecule has 2 rings (SSSR count). The standard InChI is InChI=1S/C12H14F3N3O2/c1-2-3-8(19)16-7-5-4-6-9(12(13,14)15)11(20)18-17-10(6)7/h7H,2-5H2,1H3,(H,16,19)(H,18,20). The van der Waals surface area contributed by atoms with E-state index in [1.807, 2.05) is 12.0 Å². The van der Waals surface area contributed by atoms with Crippen molar-refractivity contribution in [2.24, 2.45) is 0 Å². The average Bonchev–Trinajstić information content (AvgIpc) is 2.70. The molecule has 0 saturated carbocycles. The number of hydrogen-bond acceptors (Lipinski definition) is 3. The van der Waals surface area contributed by atoms with Gasteiger partial charge in [-0.15, -0.1) is 0 Å². The Bertz CT molecular complexity index is 580. The summed E-state index contributed by atoms with van der Waals surface area (Å²) in [6.07, 6.45) is -3.36. The summed E-state index contributed by atoms with van der Waals surface area (Å²) < 4.78 is 38.6. The van der Waals surface area contributed by atoms with Gasteiger partial charge in [-0.25, -0.2) is 5.10 Å². The van der Waals surface area contributed by atoms with E-state index in [2.05, 4.69) is 10.4 Å². The molecule has 1 aliphatic carbocycles. The highest BCUT2D eigenvalue weighted by Crippen LogP contribution is 2.37. The fourth-order valence-corrected chi connectivity index (χ4v) is 2.40. The van der Waals surface area contributed by atoms with E-state index in [9.17, 15) is 22.8 Å². The number of amides is 1. The molecule has 1 heterocycles. The molecule has 0 spiro atoms. The number of aromatic nitrogens is 2. The van der Waals surface area contributed by atoms with E-state index in [4.69, 9.17) is 0 Å². The molecule has 0 fully saturated rings.